The van der Waals surface area contributed by atoms with Crippen LogP contribution in [-0.4, -0.2) is 18.7 Å². The van der Waals surface area contributed by atoms with Crippen LogP contribution in [0.1, 0.15) is 164 Å². The van der Waals surface area contributed by atoms with Gasteiger partial charge in [0.05, 0.1) is 0 Å². The summed E-state index contributed by atoms with van der Waals surface area (Å²) < 4.78 is 5.99. The lowest BCUT2D eigenvalue weighted by Gasteiger charge is -2.58. The van der Waals surface area contributed by atoms with Crippen molar-refractivity contribution in [2.75, 3.05) is 6.54 Å². The zero-order valence-corrected chi connectivity index (χ0v) is 28.9. The van der Waals surface area contributed by atoms with Crippen LogP contribution in [0, 0.1) is 52.3 Å². The van der Waals surface area contributed by atoms with E-state index in [0.29, 0.717) is 10.8 Å². The molecule has 4 aliphatic carbocycles. The van der Waals surface area contributed by atoms with E-state index < -0.39 is 0 Å². The van der Waals surface area contributed by atoms with Gasteiger partial charge in [0.2, 0.25) is 0 Å². The molecule has 8 atom stereocenters. The molecule has 3 fully saturated rings. The number of alkyl carbamates (subject to hydrolysis) is 1. The van der Waals surface area contributed by atoms with E-state index in [1.54, 1.807) is 5.57 Å². The third-order valence-corrected chi connectivity index (χ3v) is 13.5. The van der Waals surface area contributed by atoms with Crippen LogP contribution in [0.5, 0.6) is 0 Å². The predicted octanol–water partition coefficient (Wildman–Crippen LogP) is 11.5. The van der Waals surface area contributed by atoms with Gasteiger partial charge in [0.25, 0.3) is 0 Å². The molecule has 4 aliphatic rings. The van der Waals surface area contributed by atoms with Gasteiger partial charge in [-0.2, -0.15) is 0 Å². The van der Waals surface area contributed by atoms with Crippen molar-refractivity contribution in [2.45, 2.75) is 170 Å². The summed E-state index contributed by atoms with van der Waals surface area (Å²) in [6, 6.07) is 0. The molecule has 0 aromatic carbocycles. The van der Waals surface area contributed by atoms with Crippen LogP contribution in [0.15, 0.2) is 11.6 Å². The first-order chi connectivity index (χ1) is 20.1. The van der Waals surface area contributed by atoms with Crippen molar-refractivity contribution < 1.29 is 9.53 Å². The Morgan fingerprint density at radius 3 is 2.40 bits per heavy atom. The summed E-state index contributed by atoms with van der Waals surface area (Å²) in [5.74, 6) is 6.12. The van der Waals surface area contributed by atoms with E-state index >= 15 is 0 Å². The van der Waals surface area contributed by atoms with E-state index in [0.717, 1.165) is 67.2 Å². The third kappa shape index (κ3) is 7.80. The Bertz CT molecular complexity index is 876. The van der Waals surface area contributed by atoms with Gasteiger partial charge in [0.15, 0.2) is 0 Å². The normalized spacial score (nSPS) is 34.9. The second-order valence-electron chi connectivity index (χ2n) is 16.4. The smallest absolute Gasteiger partial charge is 0.407 e. The number of unbranched alkanes of at least 4 members (excludes halogenated alkanes) is 3. The molecule has 0 aromatic rings. The Labute approximate surface area is 261 Å². The number of amides is 1. The number of rotatable bonds is 15. The second-order valence-corrected chi connectivity index (χ2v) is 16.4. The number of nitrogens with one attached hydrogen (secondary N) is 1. The molecule has 0 spiro atoms. The number of allylic oxidation sites excluding steroid dienone is 1. The number of carbonyl (C=O) groups excluding carboxylic acids is 1. The molecule has 42 heavy (non-hydrogen) atoms. The van der Waals surface area contributed by atoms with Gasteiger partial charge >= 0.3 is 6.09 Å². The Morgan fingerprint density at radius 2 is 1.67 bits per heavy atom. The third-order valence-electron chi connectivity index (χ3n) is 13.5. The maximum atomic E-state index is 12.6. The van der Waals surface area contributed by atoms with Crippen molar-refractivity contribution in [3.8, 4) is 0 Å². The van der Waals surface area contributed by atoms with E-state index in [4.69, 9.17) is 4.74 Å². The first kappa shape index (κ1) is 33.9. The molecule has 5 unspecified atom stereocenters. The molecular formula is C39H69NO2. The van der Waals surface area contributed by atoms with Crippen LogP contribution in [0.4, 0.5) is 4.79 Å². The van der Waals surface area contributed by atoms with Crippen molar-refractivity contribution in [1.82, 2.24) is 5.32 Å². The number of carbonyl (C=O) groups is 1. The monoisotopic (exact) mass is 584 g/mol. The average Bonchev–Trinajstić information content (AvgIpc) is 3.32. The fourth-order valence-electron chi connectivity index (χ4n) is 10.7. The highest BCUT2D eigenvalue weighted by Gasteiger charge is 2.59. The van der Waals surface area contributed by atoms with Crippen LogP contribution < -0.4 is 5.32 Å². The molecule has 0 bridgehead atoms. The van der Waals surface area contributed by atoms with E-state index in [-0.39, 0.29) is 12.2 Å². The first-order valence-corrected chi connectivity index (χ1v) is 18.8. The predicted molar refractivity (Wildman–Crippen MR) is 178 cm³/mol. The molecule has 0 heterocycles. The Morgan fingerprint density at radius 1 is 0.905 bits per heavy atom. The van der Waals surface area contributed by atoms with Gasteiger partial charge in [-0.3, -0.25) is 0 Å². The molecule has 242 valence electrons. The Kier molecular flexibility index (Phi) is 12.4. The van der Waals surface area contributed by atoms with Crippen LogP contribution in [-0.2, 0) is 4.74 Å². The summed E-state index contributed by atoms with van der Waals surface area (Å²) in [4.78, 5) is 12.6. The van der Waals surface area contributed by atoms with Gasteiger partial charge in [-0.1, -0.05) is 118 Å². The zero-order valence-electron chi connectivity index (χ0n) is 28.9. The fourth-order valence-corrected chi connectivity index (χ4v) is 10.7. The SMILES string of the molecule is CCC(CC)CCCCCCNC(=O)O[C@H]1CCC2(C)C(=CCC3C2CC[C@@]2(C)C3CCC2[C@H](C)CCCC(C)C)C1. The highest BCUT2D eigenvalue weighted by Crippen LogP contribution is 2.67. The highest BCUT2D eigenvalue weighted by atomic mass is 16.6. The molecule has 3 heteroatoms. The minimum absolute atomic E-state index is 0.0531. The maximum Gasteiger partial charge on any atom is 0.407 e. The molecule has 0 aliphatic heterocycles. The molecule has 3 nitrogen and oxygen atoms in total. The number of hydrogen-bond donors (Lipinski definition) is 1. The maximum absolute atomic E-state index is 12.6. The lowest BCUT2D eigenvalue weighted by atomic mass is 9.47. The summed E-state index contributed by atoms with van der Waals surface area (Å²) in [6.07, 6.45) is 25.8. The van der Waals surface area contributed by atoms with Gasteiger partial charge in [-0.25, -0.2) is 4.79 Å². The number of fused-ring (bicyclic) bond motifs is 5. The summed E-state index contributed by atoms with van der Waals surface area (Å²) in [5, 5.41) is 3.06. The van der Waals surface area contributed by atoms with Gasteiger partial charge in [0.1, 0.15) is 6.10 Å². The van der Waals surface area contributed by atoms with E-state index in [1.165, 1.54) is 96.3 Å². The van der Waals surface area contributed by atoms with Crippen LogP contribution in [0.25, 0.3) is 0 Å². The van der Waals surface area contributed by atoms with Crippen molar-refractivity contribution in [3.63, 3.8) is 0 Å². The number of hydrogen-bond acceptors (Lipinski definition) is 2. The van der Waals surface area contributed by atoms with Gasteiger partial charge < -0.3 is 10.1 Å². The van der Waals surface area contributed by atoms with Gasteiger partial charge in [-0.05, 0) is 104 Å². The largest absolute Gasteiger partial charge is 0.446 e. The van der Waals surface area contributed by atoms with Crippen LogP contribution >= 0.6 is 0 Å². The first-order valence-electron chi connectivity index (χ1n) is 18.8. The van der Waals surface area contributed by atoms with E-state index in [9.17, 15) is 4.79 Å². The van der Waals surface area contributed by atoms with Gasteiger partial charge in [0, 0.05) is 13.0 Å². The highest BCUT2D eigenvalue weighted by molar-refractivity contribution is 5.67. The van der Waals surface area contributed by atoms with E-state index in [1.807, 2.05) is 0 Å². The molecule has 0 radical (unpaired) electrons. The van der Waals surface area contributed by atoms with Gasteiger partial charge in [-0.15, -0.1) is 0 Å². The molecule has 0 saturated heterocycles. The molecular weight excluding hydrogens is 514 g/mol. The quantitative estimate of drug-likeness (QED) is 0.154. The lowest BCUT2D eigenvalue weighted by molar-refractivity contribution is -0.0581. The summed E-state index contributed by atoms with van der Waals surface area (Å²) in [7, 11) is 0. The van der Waals surface area contributed by atoms with Crippen molar-refractivity contribution >= 4 is 6.09 Å². The molecule has 0 aromatic heterocycles. The number of ether oxygens (including phenoxy) is 1. The summed E-state index contributed by atoms with van der Waals surface area (Å²) in [5.41, 5.74) is 2.48. The van der Waals surface area contributed by atoms with Crippen molar-refractivity contribution in [1.29, 1.82) is 0 Å². The second kappa shape index (κ2) is 15.3. The van der Waals surface area contributed by atoms with Crippen LogP contribution in [0.2, 0.25) is 0 Å². The lowest BCUT2D eigenvalue weighted by Crippen LogP contribution is -2.51. The topological polar surface area (TPSA) is 38.3 Å². The Balaban J connectivity index is 1.23. The molecule has 1 N–H and O–H groups in total. The minimum Gasteiger partial charge on any atom is -0.446 e. The van der Waals surface area contributed by atoms with Crippen molar-refractivity contribution in [3.05, 3.63) is 11.6 Å². The van der Waals surface area contributed by atoms with Crippen molar-refractivity contribution in [2.24, 2.45) is 52.3 Å². The summed E-state index contributed by atoms with van der Waals surface area (Å²) >= 11 is 0. The molecule has 3 saturated carbocycles. The fraction of sp³-hybridized carbons (Fsp3) is 0.923. The average molecular weight is 584 g/mol. The minimum atomic E-state index is -0.192. The standard InChI is InChI=1S/C39H69NO2/c1-8-30(9-2)17-12-10-11-13-26-40-37(41)42-32-22-24-38(6)31(27-32)18-19-33-35-21-20-34(29(5)16-14-15-28(3)4)39(35,7)25-23-36(33)38/h18,28-30,32-36H,8-17,19-27H2,1-7H3,(H,40,41)/t29-,32+,33?,34?,35?,36?,38?,39-/m1/s1. The van der Waals surface area contributed by atoms with Crippen LogP contribution in [0.3, 0.4) is 0 Å². The summed E-state index contributed by atoms with van der Waals surface area (Å²) in [6.45, 7) is 18.0. The van der Waals surface area contributed by atoms with E-state index in [2.05, 4.69) is 59.9 Å². The molecule has 1 amide bonds. The Hall–Kier alpha value is -0.990. The zero-order chi connectivity index (χ0) is 30.3. The molecule has 4 rings (SSSR count).